The van der Waals surface area contributed by atoms with Crippen LogP contribution in [0.25, 0.3) is 0 Å². The van der Waals surface area contributed by atoms with Crippen molar-refractivity contribution >= 4 is 27.9 Å². The number of benzene rings is 2. The van der Waals surface area contributed by atoms with Crippen LogP contribution in [0.5, 0.6) is 5.75 Å². The Morgan fingerprint density at radius 2 is 1.84 bits per heavy atom. The number of hydrogen-bond donors (Lipinski definition) is 1. The van der Waals surface area contributed by atoms with Gasteiger partial charge in [0.15, 0.2) is 0 Å². The van der Waals surface area contributed by atoms with E-state index in [1.165, 1.54) is 25.1 Å². The molecule has 25 heavy (non-hydrogen) atoms. The van der Waals surface area contributed by atoms with Gasteiger partial charge in [0.2, 0.25) is 0 Å². The average Bonchev–Trinajstić information content (AvgIpc) is 2.81. The minimum Gasteiger partial charge on any atom is -0.492 e. The maximum absolute atomic E-state index is 14.1. The number of halogens is 2. The van der Waals surface area contributed by atoms with Crippen LogP contribution in [0.2, 0.25) is 0 Å². The van der Waals surface area contributed by atoms with Crippen LogP contribution in [-0.2, 0) is 10.3 Å². The highest BCUT2D eigenvalue weighted by molar-refractivity contribution is 9.10. The Bertz CT molecular complexity index is 812. The lowest BCUT2D eigenvalue weighted by atomic mass is 9.91. The molecule has 5 nitrogen and oxygen atoms in total. The van der Waals surface area contributed by atoms with Crippen molar-refractivity contribution in [3.05, 3.63) is 64.4 Å². The van der Waals surface area contributed by atoms with Gasteiger partial charge in [0.05, 0.1) is 6.54 Å². The molecule has 1 fully saturated rings. The van der Waals surface area contributed by atoms with Crippen molar-refractivity contribution in [2.75, 3.05) is 13.2 Å². The summed E-state index contributed by atoms with van der Waals surface area (Å²) in [6, 6.07) is 12.6. The third-order valence-corrected chi connectivity index (χ3v) is 4.61. The zero-order chi connectivity index (χ0) is 18.0. The molecule has 1 saturated heterocycles. The van der Waals surface area contributed by atoms with E-state index in [4.69, 9.17) is 4.74 Å². The molecule has 1 unspecified atom stereocenters. The Labute approximate surface area is 152 Å². The number of carbonyl (C=O) groups excluding carboxylic acids is 2. The Hall–Kier alpha value is -2.41. The normalized spacial score (nSPS) is 19.9. The molecule has 0 saturated carbocycles. The molecule has 3 amide bonds. The van der Waals surface area contributed by atoms with E-state index >= 15 is 0 Å². The first-order valence-electron chi connectivity index (χ1n) is 7.69. The first-order valence-corrected chi connectivity index (χ1v) is 8.48. The van der Waals surface area contributed by atoms with Gasteiger partial charge in [0.1, 0.15) is 23.7 Å². The van der Waals surface area contributed by atoms with E-state index in [0.29, 0.717) is 5.75 Å². The molecule has 0 spiro atoms. The van der Waals surface area contributed by atoms with Crippen molar-refractivity contribution in [1.82, 2.24) is 10.2 Å². The first-order chi connectivity index (χ1) is 11.9. The summed E-state index contributed by atoms with van der Waals surface area (Å²) in [6.45, 7) is 1.72. The fraction of sp³-hybridized carbons (Fsp3) is 0.222. The summed E-state index contributed by atoms with van der Waals surface area (Å²) in [6.07, 6.45) is 0. The molecule has 0 bridgehead atoms. The van der Waals surface area contributed by atoms with Gasteiger partial charge in [-0.25, -0.2) is 9.18 Å². The lowest BCUT2D eigenvalue weighted by Gasteiger charge is -2.22. The second-order valence-electron chi connectivity index (χ2n) is 5.79. The quantitative estimate of drug-likeness (QED) is 0.773. The molecule has 0 aromatic heterocycles. The smallest absolute Gasteiger partial charge is 0.325 e. The molecule has 7 heteroatoms. The van der Waals surface area contributed by atoms with E-state index in [2.05, 4.69) is 21.2 Å². The van der Waals surface area contributed by atoms with E-state index in [9.17, 15) is 14.0 Å². The van der Waals surface area contributed by atoms with E-state index in [1.54, 1.807) is 18.2 Å². The number of rotatable bonds is 5. The Kier molecular flexibility index (Phi) is 4.76. The molecular formula is C18H16BrFN2O3. The zero-order valence-electron chi connectivity index (χ0n) is 13.5. The van der Waals surface area contributed by atoms with Gasteiger partial charge in [-0.3, -0.25) is 9.69 Å². The summed E-state index contributed by atoms with van der Waals surface area (Å²) in [5.74, 6) is -0.402. The second kappa shape index (κ2) is 6.84. The van der Waals surface area contributed by atoms with Crippen molar-refractivity contribution in [3.8, 4) is 5.75 Å². The van der Waals surface area contributed by atoms with E-state index in [-0.39, 0.29) is 18.7 Å². The molecule has 130 valence electrons. The van der Waals surface area contributed by atoms with Crippen LogP contribution >= 0.6 is 15.9 Å². The lowest BCUT2D eigenvalue weighted by Crippen LogP contribution is -2.42. The molecule has 3 rings (SSSR count). The van der Waals surface area contributed by atoms with Gasteiger partial charge in [0, 0.05) is 10.0 Å². The summed E-state index contributed by atoms with van der Waals surface area (Å²) >= 11 is 3.33. The van der Waals surface area contributed by atoms with Crippen LogP contribution in [0.3, 0.4) is 0 Å². The zero-order valence-corrected chi connectivity index (χ0v) is 15.0. The molecule has 1 aliphatic heterocycles. The van der Waals surface area contributed by atoms with Crippen molar-refractivity contribution < 1.29 is 18.7 Å². The largest absolute Gasteiger partial charge is 0.492 e. The molecule has 2 aromatic rings. The fourth-order valence-electron chi connectivity index (χ4n) is 2.73. The van der Waals surface area contributed by atoms with Crippen molar-refractivity contribution in [2.45, 2.75) is 12.5 Å². The second-order valence-corrected chi connectivity index (χ2v) is 6.71. The summed E-state index contributed by atoms with van der Waals surface area (Å²) in [5, 5.41) is 2.58. The molecule has 1 heterocycles. The summed E-state index contributed by atoms with van der Waals surface area (Å²) in [5.41, 5.74) is -1.27. The Morgan fingerprint density at radius 3 is 2.52 bits per heavy atom. The van der Waals surface area contributed by atoms with Crippen LogP contribution < -0.4 is 10.1 Å². The first kappa shape index (κ1) is 17.4. The van der Waals surface area contributed by atoms with Crippen LogP contribution in [0.15, 0.2) is 53.0 Å². The van der Waals surface area contributed by atoms with Gasteiger partial charge in [-0.1, -0.05) is 34.1 Å². The third kappa shape index (κ3) is 3.37. The van der Waals surface area contributed by atoms with E-state index in [1.807, 2.05) is 12.1 Å². The van der Waals surface area contributed by atoms with Gasteiger partial charge >= 0.3 is 6.03 Å². The lowest BCUT2D eigenvalue weighted by molar-refractivity contribution is -0.131. The van der Waals surface area contributed by atoms with Gasteiger partial charge in [-0.15, -0.1) is 0 Å². The number of urea groups is 1. The van der Waals surface area contributed by atoms with E-state index < -0.39 is 23.3 Å². The number of nitrogens with one attached hydrogen (secondary N) is 1. The van der Waals surface area contributed by atoms with Crippen LogP contribution in [0.1, 0.15) is 12.5 Å². The highest BCUT2D eigenvalue weighted by Crippen LogP contribution is 2.30. The van der Waals surface area contributed by atoms with Gasteiger partial charge in [-0.2, -0.15) is 0 Å². The molecular weight excluding hydrogens is 391 g/mol. The summed E-state index contributed by atoms with van der Waals surface area (Å²) in [7, 11) is 0. The fourth-order valence-corrected chi connectivity index (χ4v) is 3.00. The van der Waals surface area contributed by atoms with Crippen LogP contribution in [0.4, 0.5) is 9.18 Å². The maximum atomic E-state index is 14.1. The summed E-state index contributed by atoms with van der Waals surface area (Å²) in [4.78, 5) is 25.9. The van der Waals surface area contributed by atoms with E-state index in [0.717, 1.165) is 9.37 Å². The minimum absolute atomic E-state index is 0.0742. The number of amides is 3. The number of nitrogens with zero attached hydrogens (tertiary/aromatic N) is 1. The average molecular weight is 407 g/mol. The molecule has 2 aromatic carbocycles. The highest BCUT2D eigenvalue weighted by Gasteiger charge is 2.49. The predicted molar refractivity (Wildman–Crippen MR) is 93.6 cm³/mol. The van der Waals surface area contributed by atoms with Crippen LogP contribution in [0, 0.1) is 5.82 Å². The Morgan fingerprint density at radius 1 is 1.16 bits per heavy atom. The number of imide groups is 1. The van der Waals surface area contributed by atoms with Crippen molar-refractivity contribution in [3.63, 3.8) is 0 Å². The predicted octanol–water partition coefficient (Wildman–Crippen LogP) is 3.43. The molecule has 0 radical (unpaired) electrons. The SMILES string of the molecule is CC1(c2ccccc2F)NC(=O)N(CCOc2ccc(Br)cc2)C1=O. The monoisotopic (exact) mass is 406 g/mol. The third-order valence-electron chi connectivity index (χ3n) is 4.08. The minimum atomic E-state index is -1.42. The molecule has 0 aliphatic carbocycles. The molecule has 1 aliphatic rings. The number of hydrogen-bond acceptors (Lipinski definition) is 3. The Balaban J connectivity index is 1.69. The topological polar surface area (TPSA) is 58.6 Å². The van der Waals surface area contributed by atoms with Gasteiger partial charge in [-0.05, 0) is 37.3 Å². The molecule has 1 atom stereocenters. The van der Waals surface area contributed by atoms with Gasteiger partial charge in [0.25, 0.3) is 5.91 Å². The van der Waals surface area contributed by atoms with Crippen molar-refractivity contribution in [2.24, 2.45) is 0 Å². The maximum Gasteiger partial charge on any atom is 0.325 e. The van der Waals surface area contributed by atoms with Crippen LogP contribution in [-0.4, -0.2) is 30.0 Å². The van der Waals surface area contributed by atoms with Gasteiger partial charge < -0.3 is 10.1 Å². The highest BCUT2D eigenvalue weighted by atomic mass is 79.9. The molecule has 1 N–H and O–H groups in total. The standard InChI is InChI=1S/C18H16BrFN2O3/c1-18(14-4-2-3-5-15(14)20)16(23)22(17(24)21-18)10-11-25-13-8-6-12(19)7-9-13/h2-9H,10-11H2,1H3,(H,21,24). The number of ether oxygens (including phenoxy) is 1. The summed E-state index contributed by atoms with van der Waals surface area (Å²) < 4.78 is 20.5. The number of carbonyl (C=O) groups is 2. The van der Waals surface area contributed by atoms with Crippen molar-refractivity contribution in [1.29, 1.82) is 0 Å².